The van der Waals surface area contributed by atoms with Crippen LogP contribution >= 0.6 is 0 Å². The number of amides is 1. The monoisotopic (exact) mass is 404 g/mol. The number of hydrogen-bond acceptors (Lipinski definition) is 5. The van der Waals surface area contributed by atoms with Crippen LogP contribution in [0.15, 0.2) is 53.6 Å². The van der Waals surface area contributed by atoms with Crippen molar-refractivity contribution >= 4 is 17.4 Å². The lowest BCUT2D eigenvalue weighted by molar-refractivity contribution is -0.131. The second-order valence-electron chi connectivity index (χ2n) is 8.47. The van der Waals surface area contributed by atoms with Gasteiger partial charge in [-0.15, -0.1) is 0 Å². The zero-order valence-corrected chi connectivity index (χ0v) is 17.4. The van der Waals surface area contributed by atoms with Crippen LogP contribution in [0.25, 0.3) is 11.1 Å². The van der Waals surface area contributed by atoms with Gasteiger partial charge in [0.05, 0.1) is 7.11 Å². The van der Waals surface area contributed by atoms with Crippen molar-refractivity contribution in [3.8, 4) is 16.9 Å². The Kier molecular flexibility index (Phi) is 5.07. The number of nitrogens with zero attached hydrogens (tertiary/aromatic N) is 3. The molecule has 2 fully saturated rings. The summed E-state index contributed by atoms with van der Waals surface area (Å²) in [5.74, 6) is 3.11. The molecule has 2 heterocycles. The van der Waals surface area contributed by atoms with E-state index in [1.54, 1.807) is 7.11 Å². The predicted octanol–water partition coefficient (Wildman–Crippen LogP) is 3.69. The molecule has 1 amide bonds. The minimum Gasteiger partial charge on any atom is -0.497 e. The molecule has 6 nitrogen and oxygen atoms in total. The molecule has 1 N–H and O–H groups in total. The quantitative estimate of drug-likeness (QED) is 0.798. The molecule has 156 valence electrons. The number of rotatable bonds is 6. The van der Waals surface area contributed by atoms with Crippen molar-refractivity contribution in [1.82, 2.24) is 10.3 Å². The average molecular weight is 405 g/mol. The summed E-state index contributed by atoms with van der Waals surface area (Å²) < 4.78 is 5.24. The molecule has 1 saturated carbocycles. The fraction of sp³-hybridized carbons (Fsp3) is 0.417. The smallest absolute Gasteiger partial charge is 0.225 e. The maximum atomic E-state index is 12.3. The number of benzene rings is 2. The number of amidine groups is 1. The summed E-state index contributed by atoms with van der Waals surface area (Å²) in [7, 11) is 1.68. The van der Waals surface area contributed by atoms with Gasteiger partial charge >= 0.3 is 0 Å². The maximum absolute atomic E-state index is 12.3. The molecule has 1 aliphatic carbocycles. The number of nitrogens with one attached hydrogen (secondary N) is 1. The molecule has 1 saturated heterocycles. The lowest BCUT2D eigenvalue weighted by Crippen LogP contribution is -2.32. The molecular formula is C24H28N4O2. The summed E-state index contributed by atoms with van der Waals surface area (Å²) in [6.45, 7) is 2.46. The van der Waals surface area contributed by atoms with Gasteiger partial charge in [0.1, 0.15) is 18.3 Å². The minimum atomic E-state index is 0.315. The molecule has 0 spiro atoms. The normalized spacial score (nSPS) is 20.8. The number of ether oxygens (including phenoxy) is 1. The summed E-state index contributed by atoms with van der Waals surface area (Å²) in [6, 6.07) is 16.7. The Morgan fingerprint density at radius 2 is 1.77 bits per heavy atom. The van der Waals surface area contributed by atoms with Crippen molar-refractivity contribution in [1.29, 1.82) is 0 Å². The van der Waals surface area contributed by atoms with Crippen LogP contribution in [-0.4, -0.2) is 43.5 Å². The Morgan fingerprint density at radius 3 is 2.43 bits per heavy atom. The van der Waals surface area contributed by atoms with Gasteiger partial charge < -0.3 is 14.5 Å². The first-order valence-corrected chi connectivity index (χ1v) is 10.8. The predicted molar refractivity (Wildman–Crippen MR) is 118 cm³/mol. The van der Waals surface area contributed by atoms with Gasteiger partial charge in [-0.1, -0.05) is 24.3 Å². The van der Waals surface area contributed by atoms with Crippen molar-refractivity contribution in [2.75, 3.05) is 31.8 Å². The Morgan fingerprint density at radius 1 is 1.07 bits per heavy atom. The first kappa shape index (κ1) is 19.0. The highest BCUT2D eigenvalue weighted by atomic mass is 16.5. The maximum Gasteiger partial charge on any atom is 0.225 e. The summed E-state index contributed by atoms with van der Waals surface area (Å²) >= 11 is 0. The van der Waals surface area contributed by atoms with Gasteiger partial charge in [-0.25, -0.2) is 0 Å². The van der Waals surface area contributed by atoms with E-state index >= 15 is 0 Å². The van der Waals surface area contributed by atoms with Gasteiger partial charge in [0, 0.05) is 31.1 Å². The van der Waals surface area contributed by atoms with Gasteiger partial charge in [-0.3, -0.25) is 10.2 Å². The van der Waals surface area contributed by atoms with Crippen molar-refractivity contribution in [2.45, 2.75) is 25.7 Å². The lowest BCUT2D eigenvalue weighted by atomic mass is 10.0. The summed E-state index contributed by atoms with van der Waals surface area (Å²) in [5.41, 5.74) is 6.62. The van der Waals surface area contributed by atoms with Gasteiger partial charge in [0.25, 0.3) is 0 Å². The van der Waals surface area contributed by atoms with Crippen LogP contribution in [0.2, 0.25) is 0 Å². The third-order valence-electron chi connectivity index (χ3n) is 6.35. The molecule has 6 heteroatoms. The van der Waals surface area contributed by atoms with Crippen LogP contribution in [0.1, 0.15) is 25.7 Å². The number of anilines is 1. The average Bonchev–Trinajstić information content (AvgIpc) is 3.37. The SMILES string of the molecule is COc1ccc(-c2ccc(N3CNN=C3C[C@@H]3CCN(C(=O)C4CC4)C3)cc2)cc1. The molecule has 30 heavy (non-hydrogen) atoms. The van der Waals surface area contributed by atoms with Crippen LogP contribution in [-0.2, 0) is 4.79 Å². The van der Waals surface area contributed by atoms with E-state index in [0.29, 0.717) is 24.4 Å². The molecule has 1 atom stereocenters. The number of likely N-dealkylation sites (tertiary alicyclic amines) is 1. The molecule has 0 radical (unpaired) electrons. The van der Waals surface area contributed by atoms with E-state index in [-0.39, 0.29) is 0 Å². The number of hydrazone groups is 1. The van der Waals surface area contributed by atoms with Crippen LogP contribution in [0.4, 0.5) is 5.69 Å². The van der Waals surface area contributed by atoms with Crippen molar-refractivity contribution in [3.05, 3.63) is 48.5 Å². The van der Waals surface area contributed by atoms with Crippen LogP contribution in [0.5, 0.6) is 5.75 Å². The van der Waals surface area contributed by atoms with Gasteiger partial charge in [-0.05, 0) is 60.6 Å². The van der Waals surface area contributed by atoms with E-state index < -0.39 is 0 Å². The van der Waals surface area contributed by atoms with Crippen LogP contribution in [0, 0.1) is 11.8 Å². The van der Waals surface area contributed by atoms with E-state index in [1.807, 2.05) is 12.1 Å². The molecule has 2 aromatic carbocycles. The lowest BCUT2D eigenvalue weighted by Gasteiger charge is -2.22. The highest BCUT2D eigenvalue weighted by Gasteiger charge is 2.37. The third-order valence-corrected chi connectivity index (χ3v) is 6.35. The molecule has 2 aromatic rings. The fourth-order valence-electron chi connectivity index (χ4n) is 4.41. The van der Waals surface area contributed by atoms with E-state index in [4.69, 9.17) is 4.74 Å². The minimum absolute atomic E-state index is 0.315. The highest BCUT2D eigenvalue weighted by Crippen LogP contribution is 2.34. The molecule has 5 rings (SSSR count). The van der Waals surface area contributed by atoms with Crippen LogP contribution in [0.3, 0.4) is 0 Å². The summed E-state index contributed by atoms with van der Waals surface area (Å²) in [6.07, 6.45) is 4.14. The van der Waals surface area contributed by atoms with Crippen molar-refractivity contribution in [2.24, 2.45) is 16.9 Å². The molecule has 0 aromatic heterocycles. The standard InChI is InChI=1S/C24H28N4O2/c1-30-22-10-6-19(7-11-22)18-4-8-21(9-5-18)28-16-25-26-23(28)14-17-12-13-27(15-17)24(29)20-2-3-20/h4-11,17,20,25H,2-3,12-16H2,1H3/t17-/m0/s1. The Hall–Kier alpha value is -3.02. The first-order valence-electron chi connectivity index (χ1n) is 10.8. The topological polar surface area (TPSA) is 57.2 Å². The zero-order valence-electron chi connectivity index (χ0n) is 17.4. The Bertz CT molecular complexity index is 935. The van der Waals surface area contributed by atoms with Crippen LogP contribution < -0.4 is 15.1 Å². The van der Waals surface area contributed by atoms with Crippen molar-refractivity contribution < 1.29 is 9.53 Å². The molecular weight excluding hydrogens is 376 g/mol. The molecule has 0 bridgehead atoms. The summed E-state index contributed by atoms with van der Waals surface area (Å²) in [5, 5.41) is 4.55. The number of carbonyl (C=O) groups excluding carboxylic acids is 1. The molecule has 0 unspecified atom stereocenters. The van der Waals surface area contributed by atoms with Gasteiger partial charge in [0.15, 0.2) is 0 Å². The molecule has 2 aliphatic heterocycles. The van der Waals surface area contributed by atoms with E-state index in [1.165, 1.54) is 11.1 Å². The second-order valence-corrected chi connectivity index (χ2v) is 8.47. The number of hydrogen-bond donors (Lipinski definition) is 1. The highest BCUT2D eigenvalue weighted by molar-refractivity contribution is 5.99. The number of carbonyl (C=O) groups is 1. The Balaban J connectivity index is 1.23. The largest absolute Gasteiger partial charge is 0.497 e. The van der Waals surface area contributed by atoms with Gasteiger partial charge in [0.2, 0.25) is 5.91 Å². The van der Waals surface area contributed by atoms with Crippen molar-refractivity contribution in [3.63, 3.8) is 0 Å². The number of methoxy groups -OCH3 is 1. The van der Waals surface area contributed by atoms with E-state index in [2.05, 4.69) is 56.7 Å². The van der Waals surface area contributed by atoms with E-state index in [0.717, 1.165) is 56.0 Å². The third kappa shape index (κ3) is 3.86. The first-order chi connectivity index (χ1) is 14.7. The fourth-order valence-corrected chi connectivity index (χ4v) is 4.41. The zero-order chi connectivity index (χ0) is 20.5. The Labute approximate surface area is 177 Å². The molecule has 3 aliphatic rings. The van der Waals surface area contributed by atoms with Gasteiger partial charge in [-0.2, -0.15) is 5.10 Å². The second kappa shape index (κ2) is 8.01. The summed E-state index contributed by atoms with van der Waals surface area (Å²) in [4.78, 5) is 16.6. The van der Waals surface area contributed by atoms with E-state index in [9.17, 15) is 4.79 Å².